The summed E-state index contributed by atoms with van der Waals surface area (Å²) in [5.74, 6) is -0.219. The Morgan fingerprint density at radius 2 is 2.17 bits per heavy atom. The molecular formula is C8H5FINS. The number of nitrogen functional groups attached to an aromatic ring is 1. The van der Waals surface area contributed by atoms with Crippen LogP contribution in [0.25, 0.3) is 10.1 Å². The van der Waals surface area contributed by atoms with Crippen LogP contribution in [0.2, 0.25) is 0 Å². The summed E-state index contributed by atoms with van der Waals surface area (Å²) in [6.07, 6.45) is 0. The van der Waals surface area contributed by atoms with E-state index in [0.29, 0.717) is 11.1 Å². The van der Waals surface area contributed by atoms with Crippen molar-refractivity contribution in [2.45, 2.75) is 0 Å². The van der Waals surface area contributed by atoms with Gasteiger partial charge in [-0.25, -0.2) is 4.39 Å². The van der Waals surface area contributed by atoms with Gasteiger partial charge in [-0.15, -0.1) is 11.3 Å². The molecule has 62 valence electrons. The molecule has 0 amide bonds. The van der Waals surface area contributed by atoms with Gasteiger partial charge in [0.25, 0.3) is 0 Å². The van der Waals surface area contributed by atoms with Crippen LogP contribution in [0.1, 0.15) is 0 Å². The fourth-order valence-electron chi connectivity index (χ4n) is 1.12. The van der Waals surface area contributed by atoms with Crippen molar-refractivity contribution in [3.05, 3.63) is 26.9 Å². The normalized spacial score (nSPS) is 10.8. The molecule has 0 atom stereocenters. The van der Waals surface area contributed by atoms with E-state index in [9.17, 15) is 4.39 Å². The van der Waals surface area contributed by atoms with Gasteiger partial charge in [-0.3, -0.25) is 0 Å². The van der Waals surface area contributed by atoms with E-state index in [1.54, 1.807) is 6.07 Å². The minimum atomic E-state index is -0.219. The van der Waals surface area contributed by atoms with Gasteiger partial charge in [-0.2, -0.15) is 0 Å². The van der Waals surface area contributed by atoms with Crippen molar-refractivity contribution in [1.82, 2.24) is 0 Å². The summed E-state index contributed by atoms with van der Waals surface area (Å²) in [5, 5.41) is 2.04. The Hall–Kier alpha value is -0.360. The van der Waals surface area contributed by atoms with Crippen molar-refractivity contribution in [3.63, 3.8) is 0 Å². The van der Waals surface area contributed by atoms with Gasteiger partial charge in [0.1, 0.15) is 5.82 Å². The van der Waals surface area contributed by atoms with Crippen molar-refractivity contribution in [2.24, 2.45) is 0 Å². The molecule has 1 aromatic heterocycles. The zero-order valence-corrected chi connectivity index (χ0v) is 8.95. The third kappa shape index (κ3) is 1.19. The maximum atomic E-state index is 13.1. The molecule has 0 spiro atoms. The fourth-order valence-corrected chi connectivity index (χ4v) is 2.86. The van der Waals surface area contributed by atoms with Gasteiger partial charge in [-0.05, 0) is 34.7 Å². The Bertz CT molecular complexity index is 438. The second-order valence-corrected chi connectivity index (χ2v) is 4.61. The first-order valence-corrected chi connectivity index (χ1v) is 5.26. The van der Waals surface area contributed by atoms with Crippen LogP contribution in [0.15, 0.2) is 17.5 Å². The molecule has 0 unspecified atom stereocenters. The SMILES string of the molecule is Nc1cc(I)cc2scc(F)c12. The summed E-state index contributed by atoms with van der Waals surface area (Å²) in [5.41, 5.74) is 6.19. The highest BCUT2D eigenvalue weighted by Crippen LogP contribution is 2.31. The first-order chi connectivity index (χ1) is 5.68. The molecule has 2 rings (SSSR count). The van der Waals surface area contributed by atoms with Crippen molar-refractivity contribution in [1.29, 1.82) is 0 Å². The molecule has 0 radical (unpaired) electrons. The summed E-state index contributed by atoms with van der Waals surface area (Å²) in [7, 11) is 0. The van der Waals surface area contributed by atoms with Crippen molar-refractivity contribution < 1.29 is 4.39 Å². The van der Waals surface area contributed by atoms with Gasteiger partial charge in [0, 0.05) is 19.3 Å². The number of nitrogens with two attached hydrogens (primary N) is 1. The smallest absolute Gasteiger partial charge is 0.143 e. The highest BCUT2D eigenvalue weighted by Gasteiger charge is 2.07. The van der Waals surface area contributed by atoms with Crippen LogP contribution < -0.4 is 5.73 Å². The van der Waals surface area contributed by atoms with Gasteiger partial charge < -0.3 is 5.73 Å². The molecular weight excluding hydrogens is 288 g/mol. The summed E-state index contributed by atoms with van der Waals surface area (Å²) in [6, 6.07) is 3.71. The zero-order valence-electron chi connectivity index (χ0n) is 5.97. The number of hydrogen-bond acceptors (Lipinski definition) is 2. The van der Waals surface area contributed by atoms with E-state index in [-0.39, 0.29) is 5.82 Å². The average molecular weight is 293 g/mol. The molecule has 0 saturated heterocycles. The Kier molecular flexibility index (Phi) is 1.96. The minimum Gasteiger partial charge on any atom is -0.398 e. The largest absolute Gasteiger partial charge is 0.398 e. The number of anilines is 1. The van der Waals surface area contributed by atoms with Crippen molar-refractivity contribution in [2.75, 3.05) is 5.73 Å². The molecule has 0 bridgehead atoms. The first-order valence-electron chi connectivity index (χ1n) is 3.30. The lowest BCUT2D eigenvalue weighted by atomic mass is 10.2. The molecule has 2 N–H and O–H groups in total. The van der Waals surface area contributed by atoms with Crippen LogP contribution in [0.5, 0.6) is 0 Å². The average Bonchev–Trinajstić information content (AvgIpc) is 2.31. The molecule has 1 heterocycles. The van der Waals surface area contributed by atoms with Crippen LogP contribution in [0.3, 0.4) is 0 Å². The molecule has 1 nitrogen and oxygen atoms in total. The Labute approximate surface area is 86.5 Å². The summed E-state index contributed by atoms with van der Waals surface area (Å²) < 4.78 is 15.0. The number of fused-ring (bicyclic) bond motifs is 1. The van der Waals surface area contributed by atoms with Gasteiger partial charge >= 0.3 is 0 Å². The Morgan fingerprint density at radius 1 is 1.42 bits per heavy atom. The summed E-state index contributed by atoms with van der Waals surface area (Å²) >= 11 is 3.55. The van der Waals surface area contributed by atoms with Crippen molar-refractivity contribution >= 4 is 49.7 Å². The van der Waals surface area contributed by atoms with Crippen LogP contribution in [0, 0.1) is 9.39 Å². The van der Waals surface area contributed by atoms with E-state index in [0.717, 1.165) is 8.27 Å². The Morgan fingerprint density at radius 3 is 2.92 bits per heavy atom. The monoisotopic (exact) mass is 293 g/mol. The van der Waals surface area contributed by atoms with Gasteiger partial charge in [0.05, 0.1) is 5.39 Å². The lowest BCUT2D eigenvalue weighted by molar-refractivity contribution is 0.644. The molecule has 4 heteroatoms. The molecule has 0 aliphatic heterocycles. The van der Waals surface area contributed by atoms with Gasteiger partial charge in [0.2, 0.25) is 0 Å². The lowest BCUT2D eigenvalue weighted by Crippen LogP contribution is -1.87. The molecule has 0 saturated carbocycles. The summed E-state index contributed by atoms with van der Waals surface area (Å²) in [4.78, 5) is 0. The van der Waals surface area contributed by atoms with E-state index in [2.05, 4.69) is 22.6 Å². The van der Waals surface area contributed by atoms with E-state index in [1.807, 2.05) is 6.07 Å². The molecule has 1 aromatic carbocycles. The maximum Gasteiger partial charge on any atom is 0.143 e. The number of halogens is 2. The molecule has 2 aromatic rings. The fraction of sp³-hybridized carbons (Fsp3) is 0. The number of hydrogen-bond donors (Lipinski definition) is 1. The van der Waals surface area contributed by atoms with Crippen LogP contribution in [0.4, 0.5) is 10.1 Å². The lowest BCUT2D eigenvalue weighted by Gasteiger charge is -1.97. The van der Waals surface area contributed by atoms with E-state index in [1.165, 1.54) is 16.7 Å². The van der Waals surface area contributed by atoms with Crippen molar-refractivity contribution in [3.8, 4) is 0 Å². The second-order valence-electron chi connectivity index (χ2n) is 2.45. The highest BCUT2D eigenvalue weighted by atomic mass is 127. The van der Waals surface area contributed by atoms with Gasteiger partial charge in [0.15, 0.2) is 0 Å². The number of rotatable bonds is 0. The van der Waals surface area contributed by atoms with Crippen LogP contribution in [-0.4, -0.2) is 0 Å². The van der Waals surface area contributed by atoms with Crippen LogP contribution in [-0.2, 0) is 0 Å². The minimum absolute atomic E-state index is 0.219. The van der Waals surface area contributed by atoms with E-state index >= 15 is 0 Å². The number of thiophene rings is 1. The topological polar surface area (TPSA) is 26.0 Å². The molecule has 0 aliphatic carbocycles. The Balaban J connectivity index is 2.93. The molecule has 0 aliphatic rings. The van der Waals surface area contributed by atoms with E-state index < -0.39 is 0 Å². The third-order valence-electron chi connectivity index (χ3n) is 1.63. The second kappa shape index (κ2) is 2.85. The molecule has 12 heavy (non-hydrogen) atoms. The quantitative estimate of drug-likeness (QED) is 0.586. The van der Waals surface area contributed by atoms with Crippen LogP contribution >= 0.6 is 33.9 Å². The standard InChI is InChI=1S/C8H5FINS/c9-5-3-12-7-2-4(10)1-6(11)8(5)7/h1-3H,11H2. The number of benzene rings is 1. The predicted octanol–water partition coefficient (Wildman–Crippen LogP) is 3.23. The molecule has 0 fully saturated rings. The van der Waals surface area contributed by atoms with E-state index in [4.69, 9.17) is 5.73 Å². The first kappa shape index (κ1) is 8.25. The zero-order chi connectivity index (χ0) is 8.72. The summed E-state index contributed by atoms with van der Waals surface area (Å²) in [6.45, 7) is 0. The third-order valence-corrected chi connectivity index (χ3v) is 3.15. The predicted molar refractivity (Wildman–Crippen MR) is 58.9 cm³/mol. The maximum absolute atomic E-state index is 13.1. The highest BCUT2D eigenvalue weighted by molar-refractivity contribution is 14.1. The van der Waals surface area contributed by atoms with Gasteiger partial charge in [-0.1, -0.05) is 0 Å².